The highest BCUT2D eigenvalue weighted by Gasteiger charge is 2.32. The van der Waals surface area contributed by atoms with Gasteiger partial charge in [-0.1, -0.05) is 13.8 Å². The SMILES string of the molecule is CC.Cn1c(=O)cc(C(F)(F)F)[nH]c1=O. The Bertz CT molecular complexity index is 399. The number of rotatable bonds is 0. The van der Waals surface area contributed by atoms with Crippen molar-refractivity contribution >= 4 is 0 Å². The molecule has 0 atom stereocenters. The van der Waals surface area contributed by atoms with Crippen molar-refractivity contribution in [2.75, 3.05) is 0 Å². The number of aromatic nitrogens is 2. The van der Waals surface area contributed by atoms with Gasteiger partial charge in [-0.2, -0.15) is 13.2 Å². The standard InChI is InChI=1S/C6H5F3N2O2.C2H6/c1-11-4(12)2-3(6(7,8)9)10-5(11)13;1-2/h2H,1H3,(H,10,13);1-2H3. The molecule has 1 aromatic heterocycles. The molecule has 0 aliphatic heterocycles. The number of nitrogens with zero attached hydrogens (tertiary/aromatic N) is 1. The molecule has 0 saturated heterocycles. The lowest BCUT2D eigenvalue weighted by atomic mass is 10.4. The largest absolute Gasteiger partial charge is 0.431 e. The molecular weight excluding hydrogens is 213 g/mol. The minimum Gasteiger partial charge on any atom is -0.303 e. The van der Waals surface area contributed by atoms with E-state index in [1.165, 1.54) is 4.98 Å². The second kappa shape index (κ2) is 4.81. The van der Waals surface area contributed by atoms with Crippen LogP contribution in [-0.4, -0.2) is 9.55 Å². The smallest absolute Gasteiger partial charge is 0.303 e. The van der Waals surface area contributed by atoms with E-state index in [0.717, 1.165) is 7.05 Å². The van der Waals surface area contributed by atoms with Crippen molar-refractivity contribution in [1.82, 2.24) is 9.55 Å². The Labute approximate surface area is 83.4 Å². The van der Waals surface area contributed by atoms with Gasteiger partial charge in [0.25, 0.3) is 5.56 Å². The molecule has 1 rings (SSSR count). The van der Waals surface area contributed by atoms with Gasteiger partial charge in [-0.05, 0) is 0 Å². The third-order valence-electron chi connectivity index (χ3n) is 1.45. The first kappa shape index (κ1) is 13.5. The normalized spacial score (nSPS) is 10.5. The molecule has 1 heterocycles. The summed E-state index contributed by atoms with van der Waals surface area (Å²) in [7, 11) is 1.08. The maximum absolute atomic E-state index is 12.0. The molecule has 1 N–H and O–H groups in total. The van der Waals surface area contributed by atoms with Crippen molar-refractivity contribution in [3.05, 3.63) is 32.6 Å². The van der Waals surface area contributed by atoms with E-state index in [-0.39, 0.29) is 0 Å². The van der Waals surface area contributed by atoms with Crippen LogP contribution in [-0.2, 0) is 13.2 Å². The summed E-state index contributed by atoms with van der Waals surface area (Å²) in [6, 6.07) is 0.335. The predicted molar refractivity (Wildman–Crippen MR) is 48.7 cm³/mol. The van der Waals surface area contributed by atoms with Gasteiger partial charge in [0.05, 0.1) is 0 Å². The van der Waals surface area contributed by atoms with Gasteiger partial charge in [0.15, 0.2) is 0 Å². The Morgan fingerprint density at radius 2 is 1.73 bits per heavy atom. The highest BCUT2D eigenvalue weighted by molar-refractivity contribution is 5.03. The van der Waals surface area contributed by atoms with E-state index in [1.54, 1.807) is 0 Å². The zero-order chi connectivity index (χ0) is 12.2. The highest BCUT2D eigenvalue weighted by Crippen LogP contribution is 2.25. The minimum absolute atomic E-state index is 0.335. The van der Waals surface area contributed by atoms with E-state index in [0.29, 0.717) is 10.6 Å². The van der Waals surface area contributed by atoms with Crippen molar-refractivity contribution in [2.24, 2.45) is 7.05 Å². The molecule has 0 saturated carbocycles. The lowest BCUT2D eigenvalue weighted by Gasteiger charge is -2.05. The summed E-state index contributed by atoms with van der Waals surface area (Å²) in [6.45, 7) is 4.00. The quantitative estimate of drug-likeness (QED) is 0.717. The van der Waals surface area contributed by atoms with Crippen LogP contribution in [0.1, 0.15) is 19.5 Å². The van der Waals surface area contributed by atoms with Crippen LogP contribution in [0.3, 0.4) is 0 Å². The van der Waals surface area contributed by atoms with Gasteiger partial charge in [-0.25, -0.2) is 4.79 Å². The number of aromatic amines is 1. The first-order valence-corrected chi connectivity index (χ1v) is 4.20. The maximum atomic E-state index is 12.0. The van der Waals surface area contributed by atoms with E-state index < -0.39 is 23.1 Å². The second-order valence-electron chi connectivity index (χ2n) is 2.38. The summed E-state index contributed by atoms with van der Waals surface area (Å²) in [5.74, 6) is 0. The number of hydrogen-bond donors (Lipinski definition) is 1. The molecule has 0 unspecified atom stereocenters. The van der Waals surface area contributed by atoms with E-state index in [1.807, 2.05) is 13.8 Å². The number of halogens is 3. The van der Waals surface area contributed by atoms with E-state index >= 15 is 0 Å². The second-order valence-corrected chi connectivity index (χ2v) is 2.38. The van der Waals surface area contributed by atoms with E-state index in [9.17, 15) is 22.8 Å². The fourth-order valence-electron chi connectivity index (χ4n) is 0.708. The fourth-order valence-corrected chi connectivity index (χ4v) is 0.708. The molecule has 86 valence electrons. The number of H-pyrrole nitrogens is 1. The van der Waals surface area contributed by atoms with Crippen molar-refractivity contribution in [3.8, 4) is 0 Å². The van der Waals surface area contributed by atoms with Crippen LogP contribution in [0.4, 0.5) is 13.2 Å². The Morgan fingerprint density at radius 3 is 2.07 bits per heavy atom. The Balaban J connectivity index is 0.000000921. The summed E-state index contributed by atoms with van der Waals surface area (Å²) < 4.78 is 36.4. The van der Waals surface area contributed by atoms with Gasteiger partial charge in [-0.15, -0.1) is 0 Å². The average molecular weight is 224 g/mol. The maximum Gasteiger partial charge on any atom is 0.431 e. The number of nitrogens with one attached hydrogen (secondary N) is 1. The predicted octanol–water partition coefficient (Wildman–Crippen LogP) is 1.12. The molecule has 0 amide bonds. The monoisotopic (exact) mass is 224 g/mol. The zero-order valence-electron chi connectivity index (χ0n) is 8.47. The molecule has 0 fully saturated rings. The molecule has 0 spiro atoms. The average Bonchev–Trinajstić information content (AvgIpc) is 2.15. The molecule has 4 nitrogen and oxygen atoms in total. The molecule has 15 heavy (non-hydrogen) atoms. The van der Waals surface area contributed by atoms with Crippen molar-refractivity contribution in [3.63, 3.8) is 0 Å². The van der Waals surface area contributed by atoms with Crippen molar-refractivity contribution in [1.29, 1.82) is 0 Å². The van der Waals surface area contributed by atoms with Gasteiger partial charge in [-0.3, -0.25) is 9.36 Å². The zero-order valence-corrected chi connectivity index (χ0v) is 8.47. The number of hydrogen-bond acceptors (Lipinski definition) is 2. The fraction of sp³-hybridized carbons (Fsp3) is 0.500. The van der Waals surface area contributed by atoms with Crippen LogP contribution < -0.4 is 11.2 Å². The summed E-state index contributed by atoms with van der Waals surface area (Å²) in [4.78, 5) is 23.0. The van der Waals surface area contributed by atoms with Crippen LogP contribution in [0.15, 0.2) is 15.7 Å². The molecule has 0 radical (unpaired) electrons. The molecule has 0 aliphatic rings. The van der Waals surface area contributed by atoms with Crippen LogP contribution in [0, 0.1) is 0 Å². The van der Waals surface area contributed by atoms with E-state index in [4.69, 9.17) is 0 Å². The summed E-state index contributed by atoms with van der Waals surface area (Å²) in [5, 5.41) is 0. The van der Waals surface area contributed by atoms with Crippen molar-refractivity contribution in [2.45, 2.75) is 20.0 Å². The third kappa shape index (κ3) is 3.26. The van der Waals surface area contributed by atoms with Gasteiger partial charge in [0.1, 0.15) is 5.69 Å². The van der Waals surface area contributed by atoms with Crippen LogP contribution in [0.2, 0.25) is 0 Å². The molecule has 1 aromatic rings. The van der Waals surface area contributed by atoms with Gasteiger partial charge in [0.2, 0.25) is 0 Å². The lowest BCUT2D eigenvalue weighted by Crippen LogP contribution is -2.34. The van der Waals surface area contributed by atoms with E-state index in [2.05, 4.69) is 0 Å². The van der Waals surface area contributed by atoms with Gasteiger partial charge < -0.3 is 4.98 Å². The number of alkyl halides is 3. The lowest BCUT2D eigenvalue weighted by molar-refractivity contribution is -0.141. The molecule has 0 aromatic carbocycles. The van der Waals surface area contributed by atoms with Crippen molar-refractivity contribution < 1.29 is 13.2 Å². The minimum atomic E-state index is -4.70. The Kier molecular flexibility index (Phi) is 4.32. The highest BCUT2D eigenvalue weighted by atomic mass is 19.4. The molecule has 7 heteroatoms. The molecule has 0 aliphatic carbocycles. The van der Waals surface area contributed by atoms with Gasteiger partial charge >= 0.3 is 11.9 Å². The Hall–Kier alpha value is -1.53. The molecular formula is C8H11F3N2O2. The molecule has 0 bridgehead atoms. The van der Waals surface area contributed by atoms with Crippen LogP contribution >= 0.6 is 0 Å². The topological polar surface area (TPSA) is 54.9 Å². The summed E-state index contributed by atoms with van der Waals surface area (Å²) in [6.07, 6.45) is -4.70. The first-order valence-electron chi connectivity index (χ1n) is 4.20. The summed E-state index contributed by atoms with van der Waals surface area (Å²) >= 11 is 0. The Morgan fingerprint density at radius 1 is 1.27 bits per heavy atom. The van der Waals surface area contributed by atoms with Crippen LogP contribution in [0.5, 0.6) is 0 Å². The summed E-state index contributed by atoms with van der Waals surface area (Å²) in [5.41, 5.74) is -3.41. The van der Waals surface area contributed by atoms with Crippen LogP contribution in [0.25, 0.3) is 0 Å². The third-order valence-corrected chi connectivity index (χ3v) is 1.45. The first-order chi connectivity index (χ1) is 6.82. The van der Waals surface area contributed by atoms with Gasteiger partial charge in [0, 0.05) is 13.1 Å².